The Morgan fingerprint density at radius 3 is 2.44 bits per heavy atom. The van der Waals surface area contributed by atoms with Gasteiger partial charge >= 0.3 is 5.97 Å². The molecule has 1 aliphatic heterocycles. The lowest BCUT2D eigenvalue weighted by Gasteiger charge is -2.26. The van der Waals surface area contributed by atoms with Gasteiger partial charge in [-0.3, -0.25) is 9.59 Å². The average molecular weight is 366 g/mol. The molecule has 1 aromatic heterocycles. The van der Waals surface area contributed by atoms with E-state index < -0.39 is 5.97 Å². The number of likely N-dealkylation sites (tertiary alicyclic amines) is 1. The van der Waals surface area contributed by atoms with Crippen molar-refractivity contribution in [2.45, 2.75) is 52.9 Å². The van der Waals surface area contributed by atoms with Crippen LogP contribution in [0.4, 0.5) is 5.00 Å². The number of rotatable bonds is 6. The highest BCUT2D eigenvalue weighted by molar-refractivity contribution is 7.18. The van der Waals surface area contributed by atoms with Crippen molar-refractivity contribution in [2.75, 3.05) is 25.0 Å². The summed E-state index contributed by atoms with van der Waals surface area (Å²) in [7, 11) is 0. The van der Waals surface area contributed by atoms with Gasteiger partial charge in [0.2, 0.25) is 5.91 Å². The van der Waals surface area contributed by atoms with Crippen LogP contribution in [0.15, 0.2) is 0 Å². The van der Waals surface area contributed by atoms with Crippen LogP contribution < -0.4 is 5.32 Å². The molecule has 0 atom stereocenters. The summed E-state index contributed by atoms with van der Waals surface area (Å²) in [5.74, 6) is -0.726. The molecule has 25 heavy (non-hydrogen) atoms. The Labute approximate surface area is 152 Å². The highest BCUT2D eigenvalue weighted by atomic mass is 32.1. The number of hydrogen-bond acceptors (Lipinski definition) is 5. The molecule has 0 spiro atoms. The standard InChI is InChI=1S/C18H26N2O4S/c1-4-9-13(21)19-16-14(18(23)24-5-2)12(3)15(25-16)17(22)20-10-7-6-8-11-20/h4-11H2,1-3H3,(H,19,21). The Bertz CT molecular complexity index is 648. The first-order valence-electron chi connectivity index (χ1n) is 8.89. The molecule has 2 amide bonds. The summed E-state index contributed by atoms with van der Waals surface area (Å²) in [5, 5.41) is 3.19. The minimum Gasteiger partial charge on any atom is -0.462 e. The van der Waals surface area contributed by atoms with Gasteiger partial charge in [0.05, 0.1) is 17.0 Å². The van der Waals surface area contributed by atoms with Gasteiger partial charge in [-0.1, -0.05) is 6.92 Å². The van der Waals surface area contributed by atoms with Gasteiger partial charge in [0.25, 0.3) is 5.91 Å². The van der Waals surface area contributed by atoms with E-state index in [1.807, 2.05) is 11.8 Å². The number of carbonyl (C=O) groups excluding carboxylic acids is 3. The molecule has 0 unspecified atom stereocenters. The highest BCUT2D eigenvalue weighted by Crippen LogP contribution is 2.35. The molecule has 1 N–H and O–H groups in total. The first-order valence-corrected chi connectivity index (χ1v) is 9.70. The van der Waals surface area contributed by atoms with Gasteiger partial charge in [-0.2, -0.15) is 0 Å². The molecular formula is C18H26N2O4S. The largest absolute Gasteiger partial charge is 0.462 e. The fourth-order valence-electron chi connectivity index (χ4n) is 2.91. The van der Waals surface area contributed by atoms with Crippen LogP contribution in [0.25, 0.3) is 0 Å². The van der Waals surface area contributed by atoms with Crippen LogP contribution in [-0.4, -0.2) is 42.4 Å². The van der Waals surface area contributed by atoms with E-state index in [1.165, 1.54) is 11.3 Å². The number of piperidine rings is 1. The molecule has 0 aliphatic carbocycles. The normalized spacial score (nSPS) is 14.3. The van der Waals surface area contributed by atoms with Crippen molar-refractivity contribution in [2.24, 2.45) is 0 Å². The lowest BCUT2D eigenvalue weighted by Crippen LogP contribution is -2.35. The molecule has 1 aliphatic rings. The third-order valence-electron chi connectivity index (χ3n) is 4.19. The quantitative estimate of drug-likeness (QED) is 0.781. The second-order valence-corrected chi connectivity index (χ2v) is 7.15. The number of ether oxygens (including phenoxy) is 1. The van der Waals surface area contributed by atoms with Gasteiger partial charge < -0.3 is 15.0 Å². The maximum absolute atomic E-state index is 12.8. The zero-order valence-electron chi connectivity index (χ0n) is 15.1. The molecule has 0 aromatic carbocycles. The van der Waals surface area contributed by atoms with Gasteiger partial charge in [-0.05, 0) is 45.1 Å². The number of thiophene rings is 1. The molecule has 1 saturated heterocycles. The summed E-state index contributed by atoms with van der Waals surface area (Å²) >= 11 is 1.17. The van der Waals surface area contributed by atoms with Crippen LogP contribution in [0.2, 0.25) is 0 Å². The van der Waals surface area contributed by atoms with Crippen molar-refractivity contribution in [1.82, 2.24) is 4.90 Å². The summed E-state index contributed by atoms with van der Waals surface area (Å²) in [4.78, 5) is 39.5. The number of esters is 1. The predicted molar refractivity (Wildman–Crippen MR) is 98.3 cm³/mol. The number of carbonyl (C=O) groups is 3. The molecule has 2 rings (SSSR count). The molecular weight excluding hydrogens is 340 g/mol. The summed E-state index contributed by atoms with van der Waals surface area (Å²) in [6, 6.07) is 0. The van der Waals surface area contributed by atoms with Gasteiger partial charge in [0.1, 0.15) is 5.00 Å². The van der Waals surface area contributed by atoms with Crippen LogP contribution in [-0.2, 0) is 9.53 Å². The number of anilines is 1. The predicted octanol–water partition coefficient (Wildman–Crippen LogP) is 3.60. The molecule has 1 aromatic rings. The maximum Gasteiger partial charge on any atom is 0.341 e. The second-order valence-electron chi connectivity index (χ2n) is 6.13. The summed E-state index contributed by atoms with van der Waals surface area (Å²) < 4.78 is 5.12. The van der Waals surface area contributed by atoms with E-state index in [4.69, 9.17) is 4.74 Å². The topological polar surface area (TPSA) is 75.7 Å². The fourth-order valence-corrected chi connectivity index (χ4v) is 4.09. The third kappa shape index (κ3) is 4.60. The molecule has 0 bridgehead atoms. The van der Waals surface area contributed by atoms with Crippen LogP contribution in [0, 0.1) is 6.92 Å². The Morgan fingerprint density at radius 1 is 1.16 bits per heavy atom. The highest BCUT2D eigenvalue weighted by Gasteiger charge is 2.29. The third-order valence-corrected chi connectivity index (χ3v) is 5.39. The van der Waals surface area contributed by atoms with Crippen LogP contribution in [0.5, 0.6) is 0 Å². The molecule has 6 nitrogen and oxygen atoms in total. The van der Waals surface area contributed by atoms with Gasteiger partial charge in [0.15, 0.2) is 0 Å². The monoisotopic (exact) mass is 366 g/mol. The zero-order valence-corrected chi connectivity index (χ0v) is 16.0. The van der Waals surface area contributed by atoms with E-state index >= 15 is 0 Å². The molecule has 1 fully saturated rings. The Morgan fingerprint density at radius 2 is 1.84 bits per heavy atom. The van der Waals surface area contributed by atoms with Gasteiger partial charge in [-0.15, -0.1) is 11.3 Å². The number of amides is 2. The van der Waals surface area contributed by atoms with Crippen LogP contribution in [0.1, 0.15) is 71.5 Å². The summed E-state index contributed by atoms with van der Waals surface area (Å²) in [5.41, 5.74) is 0.891. The van der Waals surface area contributed by atoms with Crippen molar-refractivity contribution in [1.29, 1.82) is 0 Å². The molecule has 7 heteroatoms. The van der Waals surface area contributed by atoms with E-state index in [1.54, 1.807) is 13.8 Å². The number of nitrogens with one attached hydrogen (secondary N) is 1. The Kier molecular flexibility index (Phi) is 6.99. The van der Waals surface area contributed by atoms with E-state index in [0.29, 0.717) is 33.8 Å². The van der Waals surface area contributed by atoms with E-state index in [9.17, 15) is 14.4 Å². The zero-order chi connectivity index (χ0) is 18.4. The van der Waals surface area contributed by atoms with Crippen molar-refractivity contribution in [3.8, 4) is 0 Å². The number of nitrogens with zero attached hydrogens (tertiary/aromatic N) is 1. The fraction of sp³-hybridized carbons (Fsp3) is 0.611. The van der Waals surface area contributed by atoms with Crippen molar-refractivity contribution in [3.63, 3.8) is 0 Å². The number of hydrogen-bond donors (Lipinski definition) is 1. The maximum atomic E-state index is 12.8. The SMILES string of the molecule is CCCC(=O)Nc1sc(C(=O)N2CCCCC2)c(C)c1C(=O)OCC. The lowest BCUT2D eigenvalue weighted by atomic mass is 10.1. The lowest BCUT2D eigenvalue weighted by molar-refractivity contribution is -0.116. The minimum absolute atomic E-state index is 0.0660. The van der Waals surface area contributed by atoms with Crippen LogP contribution in [0.3, 0.4) is 0 Å². The second kappa shape index (κ2) is 8.99. The minimum atomic E-state index is -0.499. The van der Waals surface area contributed by atoms with Crippen molar-refractivity contribution >= 4 is 34.1 Å². The van der Waals surface area contributed by atoms with Crippen molar-refractivity contribution < 1.29 is 19.1 Å². The van der Waals surface area contributed by atoms with Gasteiger partial charge in [-0.25, -0.2) is 4.79 Å². The van der Waals surface area contributed by atoms with Crippen molar-refractivity contribution in [3.05, 3.63) is 16.0 Å². The first-order chi connectivity index (χ1) is 12.0. The molecule has 0 radical (unpaired) electrons. The Hall–Kier alpha value is -1.89. The average Bonchev–Trinajstić information content (AvgIpc) is 2.91. The summed E-state index contributed by atoms with van der Waals surface area (Å²) in [6.45, 7) is 7.11. The first kappa shape index (κ1) is 19.4. The van der Waals surface area contributed by atoms with Crippen LogP contribution >= 0.6 is 11.3 Å². The van der Waals surface area contributed by atoms with Gasteiger partial charge in [0, 0.05) is 19.5 Å². The summed E-state index contributed by atoms with van der Waals surface area (Å²) in [6.07, 6.45) is 4.22. The smallest absolute Gasteiger partial charge is 0.341 e. The van der Waals surface area contributed by atoms with E-state index in [-0.39, 0.29) is 18.4 Å². The van der Waals surface area contributed by atoms with E-state index in [2.05, 4.69) is 5.32 Å². The van der Waals surface area contributed by atoms with E-state index in [0.717, 1.165) is 32.4 Å². The molecule has 138 valence electrons. The Balaban J connectivity index is 2.35. The molecule has 0 saturated carbocycles. The molecule has 2 heterocycles.